The Labute approximate surface area is 78.7 Å². The van der Waals surface area contributed by atoms with Crippen molar-refractivity contribution < 1.29 is 15.0 Å². The molecule has 0 aliphatic carbocycles. The molecule has 1 atom stereocenters. The van der Waals surface area contributed by atoms with Crippen molar-refractivity contribution in [3.05, 3.63) is 21.9 Å². The van der Waals surface area contributed by atoms with Gasteiger partial charge in [0.1, 0.15) is 6.07 Å². The van der Waals surface area contributed by atoms with Crippen LogP contribution in [-0.4, -0.2) is 22.3 Å². The summed E-state index contributed by atoms with van der Waals surface area (Å²) >= 11 is 1.27. The predicted octanol–water partition coefficient (Wildman–Crippen LogP) is 0.608. The van der Waals surface area contributed by atoms with Crippen molar-refractivity contribution in [2.45, 2.75) is 12.5 Å². The van der Waals surface area contributed by atoms with Crippen LogP contribution < -0.4 is 0 Å². The fourth-order valence-corrected chi connectivity index (χ4v) is 1.67. The number of thiophene rings is 1. The maximum Gasteiger partial charge on any atom is 0.332 e. The highest BCUT2D eigenvalue weighted by Gasteiger charge is 2.14. The van der Waals surface area contributed by atoms with E-state index >= 15 is 0 Å². The topological polar surface area (TPSA) is 81.3 Å². The van der Waals surface area contributed by atoms with Crippen molar-refractivity contribution in [1.29, 1.82) is 5.26 Å². The van der Waals surface area contributed by atoms with Gasteiger partial charge in [-0.1, -0.05) is 0 Å². The van der Waals surface area contributed by atoms with E-state index < -0.39 is 12.1 Å². The average Bonchev–Trinajstić information content (AvgIpc) is 2.52. The fourth-order valence-electron chi connectivity index (χ4n) is 0.824. The normalized spacial score (nSPS) is 12.0. The molecule has 0 aromatic carbocycles. The molecule has 0 amide bonds. The summed E-state index contributed by atoms with van der Waals surface area (Å²) in [6.45, 7) is 0. The van der Waals surface area contributed by atoms with E-state index in [1.165, 1.54) is 11.3 Å². The predicted molar refractivity (Wildman–Crippen MR) is 46.4 cm³/mol. The molecule has 13 heavy (non-hydrogen) atoms. The van der Waals surface area contributed by atoms with Gasteiger partial charge in [-0.25, -0.2) is 4.79 Å². The summed E-state index contributed by atoms with van der Waals surface area (Å²) in [5.41, 5.74) is 0.498. The maximum atomic E-state index is 10.3. The number of rotatable bonds is 3. The number of carbonyl (C=O) groups is 1. The van der Waals surface area contributed by atoms with Crippen molar-refractivity contribution in [3.63, 3.8) is 0 Å². The Bertz CT molecular complexity index is 353. The molecule has 5 heteroatoms. The summed E-state index contributed by atoms with van der Waals surface area (Å²) in [6.07, 6.45) is -1.33. The first-order valence-corrected chi connectivity index (χ1v) is 4.40. The molecule has 4 nitrogen and oxygen atoms in total. The number of nitriles is 1. The molecule has 0 aliphatic heterocycles. The van der Waals surface area contributed by atoms with Gasteiger partial charge in [0.15, 0.2) is 6.10 Å². The van der Waals surface area contributed by atoms with Gasteiger partial charge in [0.2, 0.25) is 0 Å². The molecule has 0 saturated carbocycles. The monoisotopic (exact) mass is 197 g/mol. The molecular weight excluding hydrogens is 190 g/mol. The van der Waals surface area contributed by atoms with Crippen LogP contribution in [-0.2, 0) is 11.2 Å². The van der Waals surface area contributed by atoms with Gasteiger partial charge in [-0.05, 0) is 6.07 Å². The summed E-state index contributed by atoms with van der Waals surface area (Å²) in [4.78, 5) is 11.0. The lowest BCUT2D eigenvalue weighted by atomic mass is 10.2. The van der Waals surface area contributed by atoms with E-state index in [4.69, 9.17) is 15.5 Å². The van der Waals surface area contributed by atoms with Crippen LogP contribution in [0, 0.1) is 11.3 Å². The zero-order valence-electron chi connectivity index (χ0n) is 6.60. The smallest absolute Gasteiger partial charge is 0.332 e. The van der Waals surface area contributed by atoms with E-state index in [9.17, 15) is 4.79 Å². The fraction of sp³-hybridized carbons (Fsp3) is 0.250. The number of aliphatic carboxylic acids is 1. The maximum absolute atomic E-state index is 10.3. The highest BCUT2D eigenvalue weighted by atomic mass is 32.1. The standard InChI is InChI=1S/C8H7NO3S/c9-3-5-1-6(13-4-5)2-7(10)8(11)12/h1,4,7,10H,2H2,(H,11,12). The minimum Gasteiger partial charge on any atom is -0.479 e. The molecular formula is C8H7NO3S. The van der Waals surface area contributed by atoms with Crippen LogP contribution >= 0.6 is 11.3 Å². The third kappa shape index (κ3) is 2.54. The Hall–Kier alpha value is -1.38. The zero-order valence-corrected chi connectivity index (χ0v) is 7.41. The third-order valence-corrected chi connectivity index (χ3v) is 2.42. The molecule has 0 radical (unpaired) electrons. The minimum absolute atomic E-state index is 0.0572. The molecule has 1 unspecified atom stereocenters. The van der Waals surface area contributed by atoms with Crippen LogP contribution in [0.3, 0.4) is 0 Å². The summed E-state index contributed by atoms with van der Waals surface area (Å²) < 4.78 is 0. The number of hydrogen-bond acceptors (Lipinski definition) is 4. The molecule has 1 rings (SSSR count). The molecule has 1 aromatic rings. The molecule has 1 aromatic heterocycles. The largest absolute Gasteiger partial charge is 0.479 e. The number of hydrogen-bond donors (Lipinski definition) is 2. The van der Waals surface area contributed by atoms with E-state index in [0.29, 0.717) is 10.4 Å². The van der Waals surface area contributed by atoms with E-state index in [0.717, 1.165) is 0 Å². The van der Waals surface area contributed by atoms with Gasteiger partial charge >= 0.3 is 5.97 Å². The summed E-state index contributed by atoms with van der Waals surface area (Å²) in [6, 6.07) is 3.51. The van der Waals surface area contributed by atoms with Crippen LogP contribution in [0.2, 0.25) is 0 Å². The highest BCUT2D eigenvalue weighted by molar-refractivity contribution is 7.10. The van der Waals surface area contributed by atoms with Gasteiger partial charge in [0.25, 0.3) is 0 Å². The highest BCUT2D eigenvalue weighted by Crippen LogP contribution is 2.15. The second-order valence-corrected chi connectivity index (χ2v) is 3.47. The first kappa shape index (κ1) is 9.71. The van der Waals surface area contributed by atoms with Crippen LogP contribution in [0.5, 0.6) is 0 Å². The molecule has 1 heterocycles. The van der Waals surface area contributed by atoms with Gasteiger partial charge in [0.05, 0.1) is 5.56 Å². The van der Waals surface area contributed by atoms with Crippen molar-refractivity contribution in [3.8, 4) is 6.07 Å². The molecule has 0 aliphatic rings. The van der Waals surface area contributed by atoms with E-state index in [1.807, 2.05) is 6.07 Å². The van der Waals surface area contributed by atoms with Gasteiger partial charge in [-0.15, -0.1) is 11.3 Å². The molecule has 0 bridgehead atoms. The third-order valence-electron chi connectivity index (χ3n) is 1.46. The molecule has 0 fully saturated rings. The number of aliphatic hydroxyl groups is 1. The van der Waals surface area contributed by atoms with Crippen molar-refractivity contribution in [1.82, 2.24) is 0 Å². The van der Waals surface area contributed by atoms with E-state index in [2.05, 4.69) is 0 Å². The number of carboxylic acid groups (broad SMARTS) is 1. The molecule has 2 N–H and O–H groups in total. The lowest BCUT2D eigenvalue weighted by molar-refractivity contribution is -0.146. The van der Waals surface area contributed by atoms with Crippen molar-refractivity contribution in [2.75, 3.05) is 0 Å². The molecule has 0 spiro atoms. The Kier molecular flexibility index (Phi) is 3.01. The number of carboxylic acids is 1. The second-order valence-electron chi connectivity index (χ2n) is 2.47. The second kappa shape index (κ2) is 4.03. The molecule has 68 valence electrons. The van der Waals surface area contributed by atoms with Crippen molar-refractivity contribution in [2.24, 2.45) is 0 Å². The Morgan fingerprint density at radius 3 is 2.92 bits per heavy atom. The van der Waals surface area contributed by atoms with Gasteiger partial charge in [0, 0.05) is 16.7 Å². The lowest BCUT2D eigenvalue weighted by Gasteiger charge is -2.01. The summed E-state index contributed by atoms with van der Waals surface area (Å²) in [5.74, 6) is -1.24. The summed E-state index contributed by atoms with van der Waals surface area (Å²) in [7, 11) is 0. The lowest BCUT2D eigenvalue weighted by Crippen LogP contribution is -2.21. The number of aliphatic hydroxyl groups excluding tert-OH is 1. The number of nitrogens with zero attached hydrogens (tertiary/aromatic N) is 1. The van der Waals surface area contributed by atoms with Crippen LogP contribution in [0.4, 0.5) is 0 Å². The van der Waals surface area contributed by atoms with Gasteiger partial charge in [-0.2, -0.15) is 5.26 Å². The first-order valence-electron chi connectivity index (χ1n) is 3.52. The Morgan fingerprint density at radius 2 is 2.46 bits per heavy atom. The Balaban J connectivity index is 2.65. The van der Waals surface area contributed by atoms with Gasteiger partial charge < -0.3 is 10.2 Å². The Morgan fingerprint density at radius 1 is 1.77 bits per heavy atom. The molecule has 0 saturated heterocycles. The van der Waals surface area contributed by atoms with Crippen molar-refractivity contribution >= 4 is 17.3 Å². The van der Waals surface area contributed by atoms with Gasteiger partial charge in [-0.3, -0.25) is 0 Å². The quantitative estimate of drug-likeness (QED) is 0.743. The van der Waals surface area contributed by atoms with E-state index in [-0.39, 0.29) is 6.42 Å². The SMILES string of the molecule is N#Cc1csc(CC(O)C(=O)O)c1. The van der Waals surface area contributed by atoms with E-state index in [1.54, 1.807) is 11.4 Å². The van der Waals surface area contributed by atoms with Crippen LogP contribution in [0.1, 0.15) is 10.4 Å². The van der Waals surface area contributed by atoms with Crippen LogP contribution in [0.25, 0.3) is 0 Å². The first-order chi connectivity index (χ1) is 6.13. The summed E-state index contributed by atoms with van der Waals surface area (Å²) in [5, 5.41) is 27.5. The van der Waals surface area contributed by atoms with Crippen LogP contribution in [0.15, 0.2) is 11.4 Å². The average molecular weight is 197 g/mol. The zero-order chi connectivity index (χ0) is 9.84. The minimum atomic E-state index is -1.38.